The van der Waals surface area contributed by atoms with Crippen LogP contribution in [0.1, 0.15) is 30.0 Å². The van der Waals surface area contributed by atoms with Crippen LogP contribution in [0.5, 0.6) is 11.5 Å². The van der Waals surface area contributed by atoms with E-state index in [1.54, 1.807) is 12.1 Å². The lowest BCUT2D eigenvalue weighted by Crippen LogP contribution is -2.21. The van der Waals surface area contributed by atoms with Crippen molar-refractivity contribution in [1.29, 1.82) is 0 Å². The van der Waals surface area contributed by atoms with Crippen molar-refractivity contribution in [1.82, 2.24) is 0 Å². The number of alkyl halides is 3. The predicted octanol–water partition coefficient (Wildman–Crippen LogP) is 6.38. The first-order valence-electron chi connectivity index (χ1n) is 8.65. The molecule has 0 aliphatic heterocycles. The van der Waals surface area contributed by atoms with E-state index in [0.717, 1.165) is 22.6 Å². The largest absolute Gasteiger partial charge is 0.573 e. The van der Waals surface area contributed by atoms with Gasteiger partial charge >= 0.3 is 6.36 Å². The van der Waals surface area contributed by atoms with Gasteiger partial charge in [-0.2, -0.15) is 0 Å². The first kappa shape index (κ1) is 19.1. The summed E-state index contributed by atoms with van der Waals surface area (Å²) in [6.07, 6.45) is 1.93. The van der Waals surface area contributed by atoms with Crippen molar-refractivity contribution >= 4 is 0 Å². The third-order valence-corrected chi connectivity index (χ3v) is 4.65. The standard InChI is InChI=1S/C22H21F3O2/c1-15-4-9-20(16(2)14-15)26-18-10-12-21(3,13-11-18)17-5-7-19(8-6-17)27-22(23,24)25/h4-12,14H,13H2,1-3H3. The summed E-state index contributed by atoms with van der Waals surface area (Å²) < 4.78 is 46.8. The van der Waals surface area contributed by atoms with Crippen molar-refractivity contribution in [2.75, 3.05) is 0 Å². The van der Waals surface area contributed by atoms with Crippen molar-refractivity contribution in [3.05, 3.63) is 83.1 Å². The molecular weight excluding hydrogens is 353 g/mol. The van der Waals surface area contributed by atoms with Gasteiger partial charge in [0, 0.05) is 5.41 Å². The first-order valence-corrected chi connectivity index (χ1v) is 8.65. The molecular formula is C22H21F3O2. The Kier molecular flexibility index (Phi) is 5.05. The van der Waals surface area contributed by atoms with E-state index in [4.69, 9.17) is 4.74 Å². The second kappa shape index (κ2) is 7.14. The molecule has 0 bridgehead atoms. The summed E-state index contributed by atoms with van der Waals surface area (Å²) in [7, 11) is 0. The molecule has 0 heterocycles. The molecule has 2 aromatic rings. The fourth-order valence-corrected chi connectivity index (χ4v) is 3.08. The molecule has 0 amide bonds. The monoisotopic (exact) mass is 374 g/mol. The molecule has 0 fully saturated rings. The molecule has 2 aromatic carbocycles. The summed E-state index contributed by atoms with van der Waals surface area (Å²) in [5.41, 5.74) is 2.85. The van der Waals surface area contributed by atoms with Crippen molar-refractivity contribution in [3.63, 3.8) is 0 Å². The van der Waals surface area contributed by atoms with Crippen molar-refractivity contribution in [2.45, 2.75) is 39.0 Å². The molecule has 1 aliphatic rings. The Morgan fingerprint density at radius 2 is 1.70 bits per heavy atom. The van der Waals surface area contributed by atoms with Crippen LogP contribution in [0, 0.1) is 13.8 Å². The zero-order valence-electron chi connectivity index (χ0n) is 15.4. The fraction of sp³-hybridized carbons (Fsp3) is 0.273. The van der Waals surface area contributed by atoms with Crippen LogP contribution in [-0.2, 0) is 5.41 Å². The van der Waals surface area contributed by atoms with Gasteiger partial charge in [-0.05, 0) is 61.7 Å². The van der Waals surface area contributed by atoms with Crippen LogP contribution in [0.25, 0.3) is 0 Å². The quantitative estimate of drug-likeness (QED) is 0.618. The van der Waals surface area contributed by atoms with Crippen LogP contribution in [0.15, 0.2) is 66.5 Å². The molecule has 1 unspecified atom stereocenters. The summed E-state index contributed by atoms with van der Waals surface area (Å²) in [6, 6.07) is 12.0. The van der Waals surface area contributed by atoms with Crippen LogP contribution in [0.2, 0.25) is 0 Å². The SMILES string of the molecule is Cc1ccc(OC2=CCC(C)(c3ccc(OC(F)(F)F)cc3)C=C2)c(C)c1. The fourth-order valence-electron chi connectivity index (χ4n) is 3.08. The number of aryl methyl sites for hydroxylation is 2. The van der Waals surface area contributed by atoms with E-state index >= 15 is 0 Å². The molecule has 1 atom stereocenters. The minimum atomic E-state index is -4.68. The van der Waals surface area contributed by atoms with Crippen molar-refractivity contribution in [3.8, 4) is 11.5 Å². The van der Waals surface area contributed by atoms with E-state index in [9.17, 15) is 13.2 Å². The molecule has 3 rings (SSSR count). The molecule has 0 spiro atoms. The molecule has 142 valence electrons. The lowest BCUT2D eigenvalue weighted by Gasteiger charge is -2.29. The van der Waals surface area contributed by atoms with Crippen molar-refractivity contribution < 1.29 is 22.6 Å². The maximum atomic E-state index is 12.3. The third-order valence-electron chi connectivity index (χ3n) is 4.65. The minimum Gasteiger partial charge on any atom is -0.457 e. The molecule has 5 heteroatoms. The van der Waals surface area contributed by atoms with Gasteiger partial charge < -0.3 is 9.47 Å². The molecule has 2 nitrogen and oxygen atoms in total. The van der Waals surface area contributed by atoms with E-state index in [-0.39, 0.29) is 11.2 Å². The third kappa shape index (κ3) is 4.73. The number of halogens is 3. The average Bonchev–Trinajstić information content (AvgIpc) is 2.58. The smallest absolute Gasteiger partial charge is 0.457 e. The highest BCUT2D eigenvalue weighted by atomic mass is 19.4. The Bertz CT molecular complexity index is 879. The van der Waals surface area contributed by atoms with E-state index < -0.39 is 6.36 Å². The Hall–Kier alpha value is -2.69. The Labute approximate surface area is 156 Å². The van der Waals surface area contributed by atoms with E-state index in [2.05, 4.69) is 10.8 Å². The van der Waals surface area contributed by atoms with Gasteiger partial charge in [0.2, 0.25) is 0 Å². The highest BCUT2D eigenvalue weighted by Crippen LogP contribution is 2.36. The van der Waals surface area contributed by atoms with E-state index in [0.29, 0.717) is 6.42 Å². The molecule has 0 radical (unpaired) electrons. The molecule has 0 aromatic heterocycles. The van der Waals surface area contributed by atoms with Crippen LogP contribution in [0.3, 0.4) is 0 Å². The minimum absolute atomic E-state index is 0.218. The number of benzene rings is 2. The first-order chi connectivity index (χ1) is 12.6. The van der Waals surface area contributed by atoms with E-state index in [1.165, 1.54) is 17.7 Å². The second-order valence-corrected chi connectivity index (χ2v) is 7.00. The van der Waals surface area contributed by atoms with Crippen LogP contribution < -0.4 is 9.47 Å². The average molecular weight is 374 g/mol. The number of hydrogen-bond acceptors (Lipinski definition) is 2. The van der Waals surface area contributed by atoms with Crippen LogP contribution >= 0.6 is 0 Å². The van der Waals surface area contributed by atoms with Gasteiger partial charge in [0.05, 0.1) is 0 Å². The Balaban J connectivity index is 1.70. The summed E-state index contributed by atoms with van der Waals surface area (Å²) >= 11 is 0. The summed E-state index contributed by atoms with van der Waals surface area (Å²) in [5, 5.41) is 0. The van der Waals surface area contributed by atoms with Gasteiger partial charge in [0.15, 0.2) is 0 Å². The van der Waals surface area contributed by atoms with Crippen molar-refractivity contribution in [2.24, 2.45) is 0 Å². The van der Waals surface area contributed by atoms with Gasteiger partial charge in [-0.25, -0.2) is 0 Å². The predicted molar refractivity (Wildman–Crippen MR) is 98.9 cm³/mol. The summed E-state index contributed by atoms with van der Waals surface area (Å²) in [6.45, 7) is 6.07. The lowest BCUT2D eigenvalue weighted by molar-refractivity contribution is -0.274. The Morgan fingerprint density at radius 3 is 2.26 bits per heavy atom. The second-order valence-electron chi connectivity index (χ2n) is 7.00. The molecule has 27 heavy (non-hydrogen) atoms. The van der Waals surface area contributed by atoms with Gasteiger partial charge in [0.1, 0.15) is 17.3 Å². The van der Waals surface area contributed by atoms with Gasteiger partial charge in [-0.15, -0.1) is 13.2 Å². The highest BCUT2D eigenvalue weighted by Gasteiger charge is 2.31. The zero-order valence-corrected chi connectivity index (χ0v) is 15.4. The summed E-state index contributed by atoms with van der Waals surface area (Å²) in [5.74, 6) is 1.36. The van der Waals surface area contributed by atoms with Crippen LogP contribution in [-0.4, -0.2) is 6.36 Å². The highest BCUT2D eigenvalue weighted by molar-refractivity contribution is 5.42. The molecule has 1 aliphatic carbocycles. The maximum absolute atomic E-state index is 12.3. The van der Waals surface area contributed by atoms with Gasteiger partial charge in [-0.1, -0.05) is 42.8 Å². The number of rotatable bonds is 4. The van der Waals surface area contributed by atoms with Gasteiger partial charge in [0.25, 0.3) is 0 Å². The number of allylic oxidation sites excluding steroid dienone is 3. The van der Waals surface area contributed by atoms with E-state index in [1.807, 2.05) is 51.1 Å². The topological polar surface area (TPSA) is 18.5 Å². The zero-order chi connectivity index (χ0) is 19.7. The maximum Gasteiger partial charge on any atom is 0.573 e. The number of ether oxygens (including phenoxy) is 2. The summed E-state index contributed by atoms with van der Waals surface area (Å²) in [4.78, 5) is 0. The lowest BCUT2D eigenvalue weighted by atomic mass is 9.77. The molecule has 0 saturated heterocycles. The molecule has 0 saturated carbocycles. The normalized spacial score (nSPS) is 19.6. The Morgan fingerprint density at radius 1 is 1.00 bits per heavy atom. The van der Waals surface area contributed by atoms with Gasteiger partial charge in [-0.3, -0.25) is 0 Å². The van der Waals surface area contributed by atoms with Crippen LogP contribution in [0.4, 0.5) is 13.2 Å². The number of hydrogen-bond donors (Lipinski definition) is 0. The molecule has 0 N–H and O–H groups in total.